The van der Waals surface area contributed by atoms with Gasteiger partial charge in [0.25, 0.3) is 0 Å². The van der Waals surface area contributed by atoms with Crippen LogP contribution in [0.4, 0.5) is 5.69 Å². The van der Waals surface area contributed by atoms with Crippen LogP contribution in [0.25, 0.3) is 0 Å². The molecule has 0 fully saturated rings. The molecule has 2 aromatic rings. The van der Waals surface area contributed by atoms with Crippen LogP contribution >= 0.6 is 11.3 Å². The van der Waals surface area contributed by atoms with Crippen LogP contribution < -0.4 is 20.1 Å². The van der Waals surface area contributed by atoms with E-state index in [0.717, 1.165) is 4.88 Å². The lowest BCUT2D eigenvalue weighted by molar-refractivity contribution is -0.115. The Morgan fingerprint density at radius 2 is 2.14 bits per heavy atom. The predicted molar refractivity (Wildman–Crippen MR) is 79.9 cm³/mol. The Kier molecular flexibility index (Phi) is 4.32. The van der Waals surface area contributed by atoms with Gasteiger partial charge in [-0.25, -0.2) is 0 Å². The molecule has 0 aliphatic carbocycles. The van der Waals surface area contributed by atoms with Crippen LogP contribution in [0.2, 0.25) is 0 Å². The highest BCUT2D eigenvalue weighted by molar-refractivity contribution is 7.09. The summed E-state index contributed by atoms with van der Waals surface area (Å²) >= 11 is 1.56. The number of carbonyl (C=O) groups is 1. The smallest absolute Gasteiger partial charge is 0.238 e. The van der Waals surface area contributed by atoms with Crippen molar-refractivity contribution >= 4 is 22.9 Å². The average Bonchev–Trinajstić information content (AvgIpc) is 3.00. The van der Waals surface area contributed by atoms with Crippen molar-refractivity contribution in [2.45, 2.75) is 6.54 Å². The predicted octanol–water partition coefficient (Wildman–Crippen LogP) is 1.64. The van der Waals surface area contributed by atoms with E-state index in [1.54, 1.807) is 41.2 Å². The normalized spacial score (nSPS) is 13.0. The minimum absolute atomic E-state index is 0.101. The number of nitrogens with zero attached hydrogens (tertiary/aromatic N) is 1. The van der Waals surface area contributed by atoms with E-state index in [2.05, 4.69) is 15.6 Å². The van der Waals surface area contributed by atoms with Crippen LogP contribution in [0.15, 0.2) is 29.9 Å². The number of hydrogen-bond acceptors (Lipinski definition) is 6. The SMILES string of the molecule is O=C(CNCc1cncs1)Nc1ccc2c(c1)OCCO2. The average molecular weight is 305 g/mol. The highest BCUT2D eigenvalue weighted by Gasteiger charge is 2.12. The minimum atomic E-state index is -0.101. The second kappa shape index (κ2) is 6.55. The Morgan fingerprint density at radius 3 is 2.95 bits per heavy atom. The van der Waals surface area contributed by atoms with Crippen LogP contribution in [0.3, 0.4) is 0 Å². The summed E-state index contributed by atoms with van der Waals surface area (Å²) in [6, 6.07) is 5.37. The number of aromatic nitrogens is 1. The third kappa shape index (κ3) is 3.71. The Hall–Kier alpha value is -2.12. The molecule has 0 bridgehead atoms. The minimum Gasteiger partial charge on any atom is -0.486 e. The first-order valence-electron chi connectivity index (χ1n) is 6.59. The molecule has 2 heterocycles. The monoisotopic (exact) mass is 305 g/mol. The van der Waals surface area contributed by atoms with Crippen LogP contribution in [0, 0.1) is 0 Å². The van der Waals surface area contributed by atoms with E-state index in [4.69, 9.17) is 9.47 Å². The Bertz CT molecular complexity index is 616. The van der Waals surface area contributed by atoms with Gasteiger partial charge in [-0.15, -0.1) is 11.3 Å². The zero-order chi connectivity index (χ0) is 14.5. The summed E-state index contributed by atoms with van der Waals surface area (Å²) in [4.78, 5) is 16.9. The lowest BCUT2D eigenvalue weighted by atomic mass is 10.2. The largest absolute Gasteiger partial charge is 0.486 e. The third-order valence-electron chi connectivity index (χ3n) is 2.89. The Balaban J connectivity index is 1.50. The molecular weight excluding hydrogens is 290 g/mol. The molecule has 1 aromatic carbocycles. The molecule has 7 heteroatoms. The fourth-order valence-corrected chi connectivity index (χ4v) is 2.52. The van der Waals surface area contributed by atoms with Crippen LogP contribution in [-0.2, 0) is 11.3 Å². The molecule has 1 aliphatic heterocycles. The topological polar surface area (TPSA) is 72.5 Å². The summed E-state index contributed by atoms with van der Waals surface area (Å²) in [7, 11) is 0. The maximum Gasteiger partial charge on any atom is 0.238 e. The number of fused-ring (bicyclic) bond motifs is 1. The molecule has 0 radical (unpaired) electrons. The molecule has 1 aliphatic rings. The Morgan fingerprint density at radius 1 is 1.29 bits per heavy atom. The van der Waals surface area contributed by atoms with E-state index in [-0.39, 0.29) is 12.5 Å². The van der Waals surface area contributed by atoms with Crippen LogP contribution in [0.1, 0.15) is 4.88 Å². The Labute approximate surface area is 126 Å². The van der Waals surface area contributed by atoms with Gasteiger partial charge < -0.3 is 20.1 Å². The maximum atomic E-state index is 11.9. The first-order chi connectivity index (χ1) is 10.3. The fraction of sp³-hybridized carbons (Fsp3) is 0.286. The van der Waals surface area contributed by atoms with Gasteiger partial charge in [-0.3, -0.25) is 9.78 Å². The molecule has 21 heavy (non-hydrogen) atoms. The van der Waals surface area contributed by atoms with Crippen molar-refractivity contribution in [3.63, 3.8) is 0 Å². The van der Waals surface area contributed by atoms with Gasteiger partial charge in [-0.1, -0.05) is 0 Å². The molecule has 0 unspecified atom stereocenters. The van der Waals surface area contributed by atoms with Crippen molar-refractivity contribution in [1.82, 2.24) is 10.3 Å². The molecule has 1 amide bonds. The summed E-state index contributed by atoms with van der Waals surface area (Å²) in [5.74, 6) is 1.27. The van der Waals surface area contributed by atoms with Gasteiger partial charge >= 0.3 is 0 Å². The number of anilines is 1. The van der Waals surface area contributed by atoms with Crippen molar-refractivity contribution in [3.05, 3.63) is 34.8 Å². The first-order valence-corrected chi connectivity index (χ1v) is 7.47. The summed E-state index contributed by atoms with van der Waals surface area (Å²) in [6.45, 7) is 1.96. The van der Waals surface area contributed by atoms with Crippen molar-refractivity contribution in [3.8, 4) is 11.5 Å². The molecule has 0 spiro atoms. The molecular formula is C14H15N3O3S. The third-order valence-corrected chi connectivity index (χ3v) is 3.67. The number of ether oxygens (including phenoxy) is 2. The summed E-state index contributed by atoms with van der Waals surface area (Å²) in [5, 5.41) is 5.90. The number of nitrogens with one attached hydrogen (secondary N) is 2. The maximum absolute atomic E-state index is 11.9. The molecule has 0 saturated carbocycles. The second-order valence-corrected chi connectivity index (χ2v) is 5.45. The van der Waals surface area contributed by atoms with Crippen molar-refractivity contribution in [2.24, 2.45) is 0 Å². The quantitative estimate of drug-likeness (QED) is 0.878. The van der Waals surface area contributed by atoms with Gasteiger partial charge in [0.2, 0.25) is 5.91 Å². The fourth-order valence-electron chi connectivity index (χ4n) is 1.95. The standard InChI is InChI=1S/C14H15N3O3S/c18-14(8-15-6-11-7-16-9-21-11)17-10-1-2-12-13(5-10)20-4-3-19-12/h1-2,5,7,9,15H,3-4,6,8H2,(H,17,18). The second-order valence-electron chi connectivity index (χ2n) is 4.48. The van der Waals surface area contributed by atoms with Crippen molar-refractivity contribution in [2.75, 3.05) is 25.1 Å². The molecule has 0 atom stereocenters. The molecule has 110 valence electrons. The van der Waals surface area contributed by atoms with Gasteiger partial charge in [-0.2, -0.15) is 0 Å². The number of rotatable bonds is 5. The molecule has 6 nitrogen and oxygen atoms in total. The van der Waals surface area contributed by atoms with E-state index < -0.39 is 0 Å². The van der Waals surface area contributed by atoms with E-state index in [1.807, 2.05) is 0 Å². The number of benzene rings is 1. The number of thiazole rings is 1. The van der Waals surface area contributed by atoms with Gasteiger partial charge in [0.05, 0.1) is 12.1 Å². The van der Waals surface area contributed by atoms with Gasteiger partial charge in [0, 0.05) is 29.4 Å². The van der Waals surface area contributed by atoms with Crippen molar-refractivity contribution in [1.29, 1.82) is 0 Å². The molecule has 2 N–H and O–H groups in total. The van der Waals surface area contributed by atoms with E-state index in [9.17, 15) is 4.79 Å². The van der Waals surface area contributed by atoms with Gasteiger partial charge in [0.15, 0.2) is 11.5 Å². The van der Waals surface area contributed by atoms with Crippen LogP contribution in [0.5, 0.6) is 11.5 Å². The lowest BCUT2D eigenvalue weighted by Crippen LogP contribution is -2.27. The zero-order valence-corrected chi connectivity index (χ0v) is 12.1. The number of hydrogen-bond donors (Lipinski definition) is 2. The molecule has 0 saturated heterocycles. The highest BCUT2D eigenvalue weighted by atomic mass is 32.1. The zero-order valence-electron chi connectivity index (χ0n) is 11.3. The molecule has 1 aromatic heterocycles. The summed E-state index contributed by atoms with van der Waals surface area (Å²) < 4.78 is 10.9. The van der Waals surface area contributed by atoms with E-state index in [1.165, 1.54) is 0 Å². The van der Waals surface area contributed by atoms with Gasteiger partial charge in [-0.05, 0) is 12.1 Å². The number of amides is 1. The first kappa shape index (κ1) is 13.8. The summed E-state index contributed by atoms with van der Waals surface area (Å²) in [5.41, 5.74) is 2.47. The van der Waals surface area contributed by atoms with Crippen molar-refractivity contribution < 1.29 is 14.3 Å². The van der Waals surface area contributed by atoms with Gasteiger partial charge in [0.1, 0.15) is 13.2 Å². The van der Waals surface area contributed by atoms with E-state index in [0.29, 0.717) is 36.9 Å². The van der Waals surface area contributed by atoms with E-state index >= 15 is 0 Å². The van der Waals surface area contributed by atoms with Crippen LogP contribution in [-0.4, -0.2) is 30.6 Å². The summed E-state index contributed by atoms with van der Waals surface area (Å²) in [6.07, 6.45) is 1.79. The highest BCUT2D eigenvalue weighted by Crippen LogP contribution is 2.32. The molecule has 3 rings (SSSR count). The number of carbonyl (C=O) groups excluding carboxylic acids is 1. The lowest BCUT2D eigenvalue weighted by Gasteiger charge is -2.19.